The highest BCUT2D eigenvalue weighted by atomic mass is 15.0. The first-order chi connectivity index (χ1) is 12.4. The van der Waals surface area contributed by atoms with Gasteiger partial charge in [0.1, 0.15) is 5.82 Å². The second kappa shape index (κ2) is 5.74. The van der Waals surface area contributed by atoms with Crippen LogP contribution >= 0.6 is 0 Å². The number of aromatic nitrogens is 3. The summed E-state index contributed by atoms with van der Waals surface area (Å²) >= 11 is 0. The number of hydrogen-bond acceptors (Lipinski definition) is 3. The maximum Gasteiger partial charge on any atom is 0.127 e. The van der Waals surface area contributed by atoms with Gasteiger partial charge in [-0.3, -0.25) is 0 Å². The Morgan fingerprint density at radius 1 is 1.04 bits per heavy atom. The molecule has 122 valence electrons. The molecule has 0 saturated heterocycles. The van der Waals surface area contributed by atoms with Crippen molar-refractivity contribution >= 4 is 16.7 Å². The summed E-state index contributed by atoms with van der Waals surface area (Å²) in [5.41, 5.74) is 4.95. The molecule has 2 aromatic carbocycles. The minimum Gasteiger partial charge on any atom is -0.363 e. The topological polar surface area (TPSA) is 42.7 Å². The molecule has 2 heterocycles. The molecule has 0 bridgehead atoms. The zero-order chi connectivity index (χ0) is 16.6. The van der Waals surface area contributed by atoms with Crippen molar-refractivity contribution in [2.24, 2.45) is 0 Å². The van der Waals surface area contributed by atoms with Crippen LogP contribution in [0.3, 0.4) is 0 Å². The second-order valence-electron chi connectivity index (χ2n) is 6.48. The number of nitrogens with one attached hydrogen (secondary N) is 1. The molecule has 0 fully saturated rings. The first-order valence-electron chi connectivity index (χ1n) is 8.60. The van der Waals surface area contributed by atoms with Gasteiger partial charge in [0.2, 0.25) is 0 Å². The molecule has 1 aliphatic rings. The molecular formula is C21H18N4. The molecule has 0 amide bonds. The van der Waals surface area contributed by atoms with Crippen LogP contribution in [0.5, 0.6) is 0 Å². The Bertz CT molecular complexity index is 1040. The van der Waals surface area contributed by atoms with Crippen LogP contribution < -0.4 is 5.32 Å². The molecule has 1 atom stereocenters. The van der Waals surface area contributed by atoms with Gasteiger partial charge < -0.3 is 9.88 Å². The molecular weight excluding hydrogens is 308 g/mol. The van der Waals surface area contributed by atoms with Gasteiger partial charge in [0.05, 0.1) is 17.9 Å². The van der Waals surface area contributed by atoms with Crippen LogP contribution in [0.25, 0.3) is 16.6 Å². The van der Waals surface area contributed by atoms with Gasteiger partial charge in [0.15, 0.2) is 0 Å². The van der Waals surface area contributed by atoms with Crippen LogP contribution in [-0.2, 0) is 6.42 Å². The van der Waals surface area contributed by atoms with Crippen molar-refractivity contribution in [1.82, 2.24) is 14.5 Å². The summed E-state index contributed by atoms with van der Waals surface area (Å²) in [6, 6.07) is 19.5. The van der Waals surface area contributed by atoms with Crippen molar-refractivity contribution in [3.8, 4) is 5.69 Å². The number of benzene rings is 2. The number of imidazole rings is 1. The lowest BCUT2D eigenvalue weighted by atomic mass is 10.1. The highest BCUT2D eigenvalue weighted by molar-refractivity contribution is 5.82. The summed E-state index contributed by atoms with van der Waals surface area (Å²) in [5, 5.41) is 4.73. The quantitative estimate of drug-likeness (QED) is 0.602. The van der Waals surface area contributed by atoms with Gasteiger partial charge in [0.25, 0.3) is 0 Å². The summed E-state index contributed by atoms with van der Waals surface area (Å²) in [6.45, 7) is 0. The average Bonchev–Trinajstić information content (AvgIpc) is 3.32. The minimum absolute atomic E-state index is 0.353. The third kappa shape index (κ3) is 2.56. The Kier molecular flexibility index (Phi) is 3.27. The molecule has 0 radical (unpaired) electrons. The lowest BCUT2D eigenvalue weighted by molar-refractivity contribution is 0.758. The minimum atomic E-state index is 0.353. The Balaban J connectivity index is 1.44. The summed E-state index contributed by atoms with van der Waals surface area (Å²) in [4.78, 5) is 8.90. The first-order valence-corrected chi connectivity index (χ1v) is 8.60. The number of aryl methyl sites for hydroxylation is 1. The van der Waals surface area contributed by atoms with E-state index < -0.39 is 0 Å². The molecule has 2 aromatic heterocycles. The van der Waals surface area contributed by atoms with Crippen molar-refractivity contribution in [2.45, 2.75) is 18.9 Å². The van der Waals surface area contributed by atoms with Gasteiger partial charge in [-0.25, -0.2) is 9.97 Å². The maximum atomic E-state index is 4.80. The molecule has 4 heteroatoms. The molecule has 0 unspecified atom stereocenters. The Morgan fingerprint density at radius 2 is 2.00 bits per heavy atom. The van der Waals surface area contributed by atoms with E-state index in [2.05, 4.69) is 64.9 Å². The normalized spacial score (nSPS) is 16.1. The Morgan fingerprint density at radius 3 is 2.92 bits per heavy atom. The molecule has 4 aromatic rings. The Hall–Kier alpha value is -3.14. The van der Waals surface area contributed by atoms with E-state index in [9.17, 15) is 0 Å². The number of fused-ring (bicyclic) bond motifs is 2. The predicted octanol–water partition coefficient (Wildman–Crippen LogP) is 4.52. The SMILES string of the molecule is c1ccc2c(c1)CC[C@H]2Nc1ccc2cc(-n3ccnc3)ccc2n1. The smallest absolute Gasteiger partial charge is 0.127 e. The van der Waals surface area contributed by atoms with Crippen molar-refractivity contribution in [3.05, 3.63) is 84.4 Å². The van der Waals surface area contributed by atoms with E-state index in [-0.39, 0.29) is 0 Å². The fourth-order valence-corrected chi connectivity index (χ4v) is 3.65. The van der Waals surface area contributed by atoms with Crippen LogP contribution in [0.1, 0.15) is 23.6 Å². The monoisotopic (exact) mass is 326 g/mol. The van der Waals surface area contributed by atoms with Gasteiger partial charge in [-0.2, -0.15) is 0 Å². The lowest BCUT2D eigenvalue weighted by Gasteiger charge is -2.15. The third-order valence-electron chi connectivity index (χ3n) is 4.93. The average molecular weight is 326 g/mol. The lowest BCUT2D eigenvalue weighted by Crippen LogP contribution is -2.08. The van der Waals surface area contributed by atoms with E-state index in [0.29, 0.717) is 6.04 Å². The fourth-order valence-electron chi connectivity index (χ4n) is 3.65. The zero-order valence-corrected chi connectivity index (χ0v) is 13.8. The van der Waals surface area contributed by atoms with Crippen molar-refractivity contribution < 1.29 is 0 Å². The first kappa shape index (κ1) is 14.2. The number of hydrogen-bond donors (Lipinski definition) is 1. The van der Waals surface area contributed by atoms with E-state index in [4.69, 9.17) is 4.98 Å². The predicted molar refractivity (Wildman–Crippen MR) is 100.0 cm³/mol. The Labute approximate surface area is 146 Å². The van der Waals surface area contributed by atoms with E-state index in [1.807, 2.05) is 17.1 Å². The van der Waals surface area contributed by atoms with Crippen molar-refractivity contribution in [2.75, 3.05) is 5.32 Å². The summed E-state index contributed by atoms with van der Waals surface area (Å²) in [5.74, 6) is 0.935. The number of rotatable bonds is 3. The van der Waals surface area contributed by atoms with Crippen molar-refractivity contribution in [3.63, 3.8) is 0 Å². The van der Waals surface area contributed by atoms with Crippen molar-refractivity contribution in [1.29, 1.82) is 0 Å². The molecule has 5 rings (SSSR count). The van der Waals surface area contributed by atoms with Gasteiger partial charge in [-0.1, -0.05) is 24.3 Å². The van der Waals surface area contributed by atoms with E-state index in [0.717, 1.165) is 35.2 Å². The van der Waals surface area contributed by atoms with Crippen LogP contribution in [0.15, 0.2) is 73.3 Å². The molecule has 0 spiro atoms. The fraction of sp³-hybridized carbons (Fsp3) is 0.143. The molecule has 0 saturated carbocycles. The van der Waals surface area contributed by atoms with Gasteiger partial charge in [-0.05, 0) is 54.3 Å². The van der Waals surface area contributed by atoms with Crippen LogP contribution in [0, 0.1) is 0 Å². The van der Waals surface area contributed by atoms with Crippen LogP contribution in [0.4, 0.5) is 5.82 Å². The molecule has 1 N–H and O–H groups in total. The van der Waals surface area contributed by atoms with Crippen LogP contribution in [-0.4, -0.2) is 14.5 Å². The summed E-state index contributed by atoms with van der Waals surface area (Å²) in [7, 11) is 0. The third-order valence-corrected chi connectivity index (χ3v) is 4.93. The van der Waals surface area contributed by atoms with E-state index in [1.54, 1.807) is 6.20 Å². The standard InChI is InChI=1S/C21H18N4/c1-2-4-18-15(3-1)5-8-20(18)24-21-10-6-16-13-17(7-9-19(16)23-21)25-12-11-22-14-25/h1-4,6-7,9-14,20H,5,8H2,(H,23,24)/t20-/m1/s1. The van der Waals surface area contributed by atoms with Crippen LogP contribution in [0.2, 0.25) is 0 Å². The van der Waals surface area contributed by atoms with E-state index in [1.165, 1.54) is 11.1 Å². The maximum absolute atomic E-state index is 4.80. The van der Waals surface area contributed by atoms with Gasteiger partial charge >= 0.3 is 0 Å². The number of nitrogens with zero attached hydrogens (tertiary/aromatic N) is 3. The molecule has 0 aliphatic heterocycles. The summed E-state index contributed by atoms with van der Waals surface area (Å²) in [6.07, 6.45) is 7.80. The highest BCUT2D eigenvalue weighted by Gasteiger charge is 2.21. The number of pyridine rings is 1. The van der Waals surface area contributed by atoms with Gasteiger partial charge in [-0.15, -0.1) is 0 Å². The molecule has 4 nitrogen and oxygen atoms in total. The van der Waals surface area contributed by atoms with Gasteiger partial charge in [0, 0.05) is 23.5 Å². The zero-order valence-electron chi connectivity index (χ0n) is 13.8. The second-order valence-corrected chi connectivity index (χ2v) is 6.48. The number of anilines is 1. The highest BCUT2D eigenvalue weighted by Crippen LogP contribution is 2.33. The molecule has 25 heavy (non-hydrogen) atoms. The largest absolute Gasteiger partial charge is 0.363 e. The summed E-state index contributed by atoms with van der Waals surface area (Å²) < 4.78 is 2.00. The molecule has 1 aliphatic carbocycles. The van der Waals surface area contributed by atoms with E-state index >= 15 is 0 Å².